The Morgan fingerprint density at radius 2 is 2.00 bits per heavy atom. The van der Waals surface area contributed by atoms with Gasteiger partial charge in [0.25, 0.3) is 0 Å². The van der Waals surface area contributed by atoms with Gasteiger partial charge in [-0.25, -0.2) is 8.78 Å². The molecule has 1 N–H and O–H groups in total. The Morgan fingerprint density at radius 3 is 2.74 bits per heavy atom. The molecule has 2 aromatic carbocycles. The molecule has 0 bridgehead atoms. The molecule has 0 aliphatic carbocycles. The monoisotopic (exact) mass is 366 g/mol. The van der Waals surface area contributed by atoms with E-state index in [0.29, 0.717) is 16.9 Å². The van der Waals surface area contributed by atoms with E-state index in [1.807, 2.05) is 0 Å². The fourth-order valence-corrected chi connectivity index (χ4v) is 2.30. The van der Waals surface area contributed by atoms with Gasteiger partial charge in [0, 0.05) is 18.8 Å². The highest BCUT2D eigenvalue weighted by molar-refractivity contribution is 5.91. The number of nitrogens with zero attached hydrogens (tertiary/aromatic N) is 1. The van der Waals surface area contributed by atoms with Crippen molar-refractivity contribution in [2.45, 2.75) is 6.54 Å². The molecule has 0 saturated carbocycles. The predicted octanol–water partition coefficient (Wildman–Crippen LogP) is 4.48. The van der Waals surface area contributed by atoms with Crippen LogP contribution in [0, 0.1) is 11.6 Å². The third kappa shape index (κ3) is 5.47. The van der Waals surface area contributed by atoms with Crippen LogP contribution < -0.4 is 10.1 Å². The zero-order valence-corrected chi connectivity index (χ0v) is 14.2. The van der Waals surface area contributed by atoms with Crippen LogP contribution in [0.5, 0.6) is 11.5 Å². The molecular weight excluding hydrogens is 350 g/mol. The second-order valence-electron chi connectivity index (χ2n) is 5.66. The fraction of sp³-hybridized carbons (Fsp3) is 0.0476. The standard InChI is InChI=1S/C21H16F2N2O2/c22-17-4-1-3-15(11-17)7-9-21(26)25-13-16-6-8-20(19(23)12-16)27-18-5-2-10-24-14-18/h1-12,14H,13H2,(H,25,26). The Balaban J connectivity index is 1.56. The van der Waals surface area contributed by atoms with Crippen LogP contribution in [0.25, 0.3) is 6.08 Å². The third-order valence-electron chi connectivity index (χ3n) is 3.60. The number of carbonyl (C=O) groups excluding carboxylic acids is 1. The summed E-state index contributed by atoms with van der Waals surface area (Å²) in [4.78, 5) is 15.7. The van der Waals surface area contributed by atoms with Crippen LogP contribution in [-0.2, 0) is 11.3 Å². The zero-order valence-electron chi connectivity index (χ0n) is 14.2. The first-order chi connectivity index (χ1) is 13.1. The van der Waals surface area contributed by atoms with E-state index >= 15 is 0 Å². The van der Waals surface area contributed by atoms with Crippen LogP contribution in [-0.4, -0.2) is 10.9 Å². The average Bonchev–Trinajstić information content (AvgIpc) is 2.67. The molecule has 0 aliphatic rings. The van der Waals surface area contributed by atoms with Gasteiger partial charge in [0.2, 0.25) is 5.91 Å². The van der Waals surface area contributed by atoms with Gasteiger partial charge in [-0.15, -0.1) is 0 Å². The van der Waals surface area contributed by atoms with Crippen molar-refractivity contribution >= 4 is 12.0 Å². The van der Waals surface area contributed by atoms with Crippen molar-refractivity contribution in [1.29, 1.82) is 0 Å². The number of halogens is 2. The maximum atomic E-state index is 14.2. The number of nitrogens with one attached hydrogen (secondary N) is 1. The molecule has 0 radical (unpaired) electrons. The smallest absolute Gasteiger partial charge is 0.244 e. The molecule has 0 atom stereocenters. The predicted molar refractivity (Wildman–Crippen MR) is 98.0 cm³/mol. The molecule has 0 fully saturated rings. The molecule has 0 saturated heterocycles. The second-order valence-corrected chi connectivity index (χ2v) is 5.66. The van der Waals surface area contributed by atoms with Crippen molar-refractivity contribution in [2.24, 2.45) is 0 Å². The maximum Gasteiger partial charge on any atom is 0.244 e. The molecule has 136 valence electrons. The van der Waals surface area contributed by atoms with Crippen LogP contribution in [0.3, 0.4) is 0 Å². The minimum absolute atomic E-state index is 0.0732. The molecule has 0 spiro atoms. The van der Waals surface area contributed by atoms with Gasteiger partial charge in [-0.05, 0) is 53.6 Å². The topological polar surface area (TPSA) is 51.2 Å². The van der Waals surface area contributed by atoms with E-state index in [2.05, 4.69) is 10.3 Å². The van der Waals surface area contributed by atoms with Gasteiger partial charge in [0.15, 0.2) is 11.6 Å². The van der Waals surface area contributed by atoms with E-state index < -0.39 is 5.82 Å². The molecule has 3 rings (SSSR count). The summed E-state index contributed by atoms with van der Waals surface area (Å²) in [5.74, 6) is -0.776. The largest absolute Gasteiger partial charge is 0.453 e. The van der Waals surface area contributed by atoms with Gasteiger partial charge in [-0.1, -0.05) is 18.2 Å². The number of ether oxygens (including phenoxy) is 1. The van der Waals surface area contributed by atoms with Crippen LogP contribution in [0.4, 0.5) is 8.78 Å². The van der Waals surface area contributed by atoms with Crippen molar-refractivity contribution in [3.8, 4) is 11.5 Å². The van der Waals surface area contributed by atoms with Crippen LogP contribution >= 0.6 is 0 Å². The molecule has 4 nitrogen and oxygen atoms in total. The first kappa shape index (κ1) is 18.3. The Morgan fingerprint density at radius 1 is 1.11 bits per heavy atom. The Bertz CT molecular complexity index is 959. The number of hydrogen-bond donors (Lipinski definition) is 1. The summed E-state index contributed by atoms with van der Waals surface area (Å²) in [6.45, 7) is 0.149. The van der Waals surface area contributed by atoms with Gasteiger partial charge in [-0.2, -0.15) is 0 Å². The Labute approximate surface area is 155 Å². The summed E-state index contributed by atoms with van der Waals surface area (Å²) >= 11 is 0. The van der Waals surface area contributed by atoms with E-state index in [4.69, 9.17) is 4.74 Å². The SMILES string of the molecule is O=C(C=Cc1cccc(F)c1)NCc1ccc(Oc2cccnc2)c(F)c1. The first-order valence-corrected chi connectivity index (χ1v) is 8.18. The number of rotatable bonds is 6. The highest BCUT2D eigenvalue weighted by Crippen LogP contribution is 2.24. The lowest BCUT2D eigenvalue weighted by Gasteiger charge is -2.08. The van der Waals surface area contributed by atoms with E-state index in [1.54, 1.807) is 36.5 Å². The number of pyridine rings is 1. The molecule has 1 aromatic heterocycles. The van der Waals surface area contributed by atoms with Crippen molar-refractivity contribution in [2.75, 3.05) is 0 Å². The molecule has 1 heterocycles. The first-order valence-electron chi connectivity index (χ1n) is 8.18. The van der Waals surface area contributed by atoms with Crippen molar-refractivity contribution in [3.05, 3.63) is 95.8 Å². The van der Waals surface area contributed by atoms with Gasteiger partial charge >= 0.3 is 0 Å². The van der Waals surface area contributed by atoms with Crippen LogP contribution in [0.2, 0.25) is 0 Å². The van der Waals surface area contributed by atoms with Crippen LogP contribution in [0.15, 0.2) is 73.1 Å². The lowest BCUT2D eigenvalue weighted by Crippen LogP contribution is -2.20. The lowest BCUT2D eigenvalue weighted by molar-refractivity contribution is -0.116. The highest BCUT2D eigenvalue weighted by Gasteiger charge is 2.07. The van der Waals surface area contributed by atoms with Crippen molar-refractivity contribution < 1.29 is 18.3 Å². The normalized spacial score (nSPS) is 10.7. The molecule has 1 amide bonds. The highest BCUT2D eigenvalue weighted by atomic mass is 19.1. The minimum atomic E-state index is -0.541. The fourth-order valence-electron chi connectivity index (χ4n) is 2.30. The molecule has 0 aliphatic heterocycles. The summed E-state index contributed by atoms with van der Waals surface area (Å²) < 4.78 is 32.7. The molecule has 3 aromatic rings. The van der Waals surface area contributed by atoms with Crippen molar-refractivity contribution in [3.63, 3.8) is 0 Å². The second kappa shape index (κ2) is 8.71. The van der Waals surface area contributed by atoms with Gasteiger partial charge in [0.1, 0.15) is 11.6 Å². The number of hydrogen-bond acceptors (Lipinski definition) is 3. The summed E-state index contributed by atoms with van der Waals surface area (Å²) in [5, 5.41) is 2.64. The van der Waals surface area contributed by atoms with Crippen LogP contribution in [0.1, 0.15) is 11.1 Å². The van der Waals surface area contributed by atoms with Crippen molar-refractivity contribution in [1.82, 2.24) is 10.3 Å². The third-order valence-corrected chi connectivity index (χ3v) is 3.60. The number of aromatic nitrogens is 1. The van der Waals surface area contributed by atoms with Gasteiger partial charge in [-0.3, -0.25) is 9.78 Å². The summed E-state index contributed by atoms with van der Waals surface area (Å²) in [6, 6.07) is 13.7. The van der Waals surface area contributed by atoms with Gasteiger partial charge < -0.3 is 10.1 Å². The number of benzene rings is 2. The average molecular weight is 366 g/mol. The Kier molecular flexibility index (Phi) is 5.89. The quantitative estimate of drug-likeness (QED) is 0.655. The number of amides is 1. The molecule has 0 unspecified atom stereocenters. The van der Waals surface area contributed by atoms with E-state index in [9.17, 15) is 13.6 Å². The molecular formula is C21H16F2N2O2. The molecule has 6 heteroatoms. The summed E-state index contributed by atoms with van der Waals surface area (Å²) in [6.07, 6.45) is 5.88. The van der Waals surface area contributed by atoms with E-state index in [0.717, 1.165) is 0 Å². The maximum absolute atomic E-state index is 14.2. The van der Waals surface area contributed by atoms with E-state index in [-0.39, 0.29) is 24.0 Å². The minimum Gasteiger partial charge on any atom is -0.453 e. The lowest BCUT2D eigenvalue weighted by atomic mass is 10.2. The Hall–Kier alpha value is -3.54. The molecule has 27 heavy (non-hydrogen) atoms. The summed E-state index contributed by atoms with van der Waals surface area (Å²) in [7, 11) is 0. The summed E-state index contributed by atoms with van der Waals surface area (Å²) in [5.41, 5.74) is 1.16. The van der Waals surface area contributed by atoms with Gasteiger partial charge in [0.05, 0.1) is 6.20 Å². The van der Waals surface area contributed by atoms with E-state index in [1.165, 1.54) is 42.6 Å². The zero-order chi connectivity index (χ0) is 19.1. The number of carbonyl (C=O) groups is 1.